The number of ether oxygens (including phenoxy) is 3. The number of aliphatic hydroxyl groups is 1. The van der Waals surface area contributed by atoms with Crippen LogP contribution in [0.5, 0.6) is 5.75 Å². The van der Waals surface area contributed by atoms with E-state index < -0.39 is 29.1 Å². The number of aliphatic hydroxyl groups excluding tert-OH is 1. The van der Waals surface area contributed by atoms with E-state index in [1.807, 2.05) is 38.1 Å². The van der Waals surface area contributed by atoms with Gasteiger partial charge in [-0.1, -0.05) is 12.2 Å². The molecule has 0 aromatic heterocycles. The second-order valence-electron chi connectivity index (χ2n) is 13.2. The van der Waals surface area contributed by atoms with E-state index in [9.17, 15) is 19.5 Å². The molecule has 4 aliphatic rings. The molecule has 0 radical (unpaired) electrons. The van der Waals surface area contributed by atoms with Crippen LogP contribution >= 0.6 is 0 Å². The first-order chi connectivity index (χ1) is 22.7. The molecular formula is C36H52N4O7. The van der Waals surface area contributed by atoms with Crippen molar-refractivity contribution < 1.29 is 33.7 Å². The maximum absolute atomic E-state index is 14.7. The van der Waals surface area contributed by atoms with Crippen LogP contribution < -0.4 is 9.64 Å². The first kappa shape index (κ1) is 35.1. The largest absolute Gasteiger partial charge is 0.494 e. The Morgan fingerprint density at radius 2 is 1.77 bits per heavy atom. The lowest BCUT2D eigenvalue weighted by Gasteiger charge is -2.37. The zero-order valence-corrected chi connectivity index (χ0v) is 28.1. The van der Waals surface area contributed by atoms with Gasteiger partial charge in [0.05, 0.1) is 37.3 Å². The summed E-state index contributed by atoms with van der Waals surface area (Å²) >= 11 is 0. The van der Waals surface area contributed by atoms with Crippen molar-refractivity contribution in [3.63, 3.8) is 0 Å². The highest BCUT2D eigenvalue weighted by atomic mass is 16.5. The standard InChI is InChI=1S/C36H52N4O7/c1-5-17-38(21-20-37-22-25-45-26-23-37)34(44)31-36-16-15-35(4,47-36)29(30(36)33(43)40(31)19-9-8-10-24-41)32(42)39(18-6-2)27-11-13-28(14-12-27)46-7-3/h5-6,11-14,29-31,41H,1-2,7-10,15-26H2,3-4H3/t29-,30-,31?,35+,36?/m0/s1. The smallest absolute Gasteiger partial charge is 0.248 e. The van der Waals surface area contributed by atoms with Crippen LogP contribution in [0.2, 0.25) is 0 Å². The third kappa shape index (κ3) is 6.86. The van der Waals surface area contributed by atoms with E-state index in [4.69, 9.17) is 14.2 Å². The van der Waals surface area contributed by atoms with E-state index in [2.05, 4.69) is 18.1 Å². The lowest BCUT2D eigenvalue weighted by Crippen LogP contribution is -2.57. The van der Waals surface area contributed by atoms with Gasteiger partial charge in [-0.05, 0) is 70.2 Å². The predicted octanol–water partition coefficient (Wildman–Crippen LogP) is 2.88. The number of morpholine rings is 1. The Kier molecular flexibility index (Phi) is 11.4. The lowest BCUT2D eigenvalue weighted by molar-refractivity contribution is -0.151. The molecule has 3 amide bonds. The maximum atomic E-state index is 14.7. The Hall–Kier alpha value is -3.25. The highest BCUT2D eigenvalue weighted by Gasteiger charge is 2.78. The molecule has 1 aromatic rings. The van der Waals surface area contributed by atoms with Crippen molar-refractivity contribution in [2.24, 2.45) is 11.8 Å². The Balaban J connectivity index is 1.47. The lowest BCUT2D eigenvalue weighted by atomic mass is 9.66. The molecule has 2 bridgehead atoms. The van der Waals surface area contributed by atoms with Crippen molar-refractivity contribution in [1.29, 1.82) is 0 Å². The molecule has 1 aromatic carbocycles. The molecule has 258 valence electrons. The van der Waals surface area contributed by atoms with Gasteiger partial charge in [0.15, 0.2) is 0 Å². The minimum Gasteiger partial charge on any atom is -0.494 e. The summed E-state index contributed by atoms with van der Waals surface area (Å²) in [6.07, 6.45) is 6.46. The number of hydrogen-bond acceptors (Lipinski definition) is 8. The zero-order chi connectivity index (χ0) is 33.6. The van der Waals surface area contributed by atoms with Crippen LogP contribution in [-0.2, 0) is 23.9 Å². The molecule has 4 heterocycles. The summed E-state index contributed by atoms with van der Waals surface area (Å²) in [6.45, 7) is 17.3. The van der Waals surface area contributed by atoms with Gasteiger partial charge < -0.3 is 34.0 Å². The first-order valence-electron chi connectivity index (χ1n) is 17.2. The van der Waals surface area contributed by atoms with Crippen molar-refractivity contribution in [2.45, 2.75) is 63.2 Å². The Morgan fingerprint density at radius 1 is 1.04 bits per heavy atom. The van der Waals surface area contributed by atoms with Crippen LogP contribution in [0.15, 0.2) is 49.6 Å². The maximum Gasteiger partial charge on any atom is 0.248 e. The second kappa shape index (κ2) is 15.3. The molecule has 47 heavy (non-hydrogen) atoms. The van der Waals surface area contributed by atoms with E-state index in [1.54, 1.807) is 26.9 Å². The summed E-state index contributed by atoms with van der Waals surface area (Å²) in [5, 5.41) is 9.38. The van der Waals surface area contributed by atoms with E-state index in [0.717, 1.165) is 19.5 Å². The molecule has 11 heteroatoms. The third-order valence-electron chi connectivity index (χ3n) is 10.3. The number of carbonyl (C=O) groups excluding carboxylic acids is 3. The number of fused-ring (bicyclic) bond motifs is 1. The summed E-state index contributed by atoms with van der Waals surface area (Å²) in [6, 6.07) is 6.50. The topological polar surface area (TPSA) is 112 Å². The fourth-order valence-electron chi connectivity index (χ4n) is 8.11. The summed E-state index contributed by atoms with van der Waals surface area (Å²) < 4.78 is 18.0. The molecule has 4 fully saturated rings. The predicted molar refractivity (Wildman–Crippen MR) is 179 cm³/mol. The van der Waals surface area contributed by atoms with E-state index >= 15 is 0 Å². The van der Waals surface area contributed by atoms with Crippen LogP contribution in [0.1, 0.15) is 46.0 Å². The molecule has 11 nitrogen and oxygen atoms in total. The Bertz CT molecular complexity index is 1280. The highest BCUT2D eigenvalue weighted by Crippen LogP contribution is 2.63. The van der Waals surface area contributed by atoms with Crippen molar-refractivity contribution >= 4 is 23.4 Å². The number of nitrogens with zero attached hydrogens (tertiary/aromatic N) is 4. The van der Waals surface area contributed by atoms with Crippen LogP contribution in [0.3, 0.4) is 0 Å². The van der Waals surface area contributed by atoms with Gasteiger partial charge >= 0.3 is 0 Å². The quantitative estimate of drug-likeness (QED) is 0.202. The fourth-order valence-corrected chi connectivity index (χ4v) is 8.11. The minimum atomic E-state index is -1.11. The second-order valence-corrected chi connectivity index (χ2v) is 13.2. The monoisotopic (exact) mass is 652 g/mol. The number of hydrogen-bond donors (Lipinski definition) is 1. The summed E-state index contributed by atoms with van der Waals surface area (Å²) in [7, 11) is 0. The molecule has 4 saturated heterocycles. The van der Waals surface area contributed by atoms with Gasteiger partial charge in [-0.15, -0.1) is 13.2 Å². The highest BCUT2D eigenvalue weighted by molar-refractivity contribution is 6.03. The van der Waals surface area contributed by atoms with Crippen LogP contribution in [0.4, 0.5) is 5.69 Å². The summed E-state index contributed by atoms with van der Waals surface area (Å²) in [4.78, 5) is 51.4. The Labute approximate surface area is 279 Å². The van der Waals surface area contributed by atoms with Crippen LogP contribution in [-0.4, -0.2) is 127 Å². The van der Waals surface area contributed by atoms with Crippen molar-refractivity contribution in [3.05, 3.63) is 49.6 Å². The van der Waals surface area contributed by atoms with E-state index in [1.165, 1.54) is 0 Å². The molecule has 1 N–H and O–H groups in total. The van der Waals surface area contributed by atoms with Gasteiger partial charge in [0.1, 0.15) is 17.4 Å². The van der Waals surface area contributed by atoms with Gasteiger partial charge in [-0.2, -0.15) is 0 Å². The number of amides is 3. The van der Waals surface area contributed by atoms with Crippen molar-refractivity contribution in [1.82, 2.24) is 14.7 Å². The molecule has 0 saturated carbocycles. The average Bonchev–Trinajstić information content (AvgIpc) is 3.64. The van der Waals surface area contributed by atoms with Crippen LogP contribution in [0.25, 0.3) is 0 Å². The van der Waals surface area contributed by atoms with Gasteiger partial charge in [-0.3, -0.25) is 19.3 Å². The number of unbranched alkanes of at least 4 members (excludes halogenated alkanes) is 2. The molecule has 1 spiro atoms. The molecular weight excluding hydrogens is 600 g/mol. The van der Waals surface area contributed by atoms with Gasteiger partial charge in [0, 0.05) is 58.1 Å². The fraction of sp³-hybridized carbons (Fsp3) is 0.639. The summed E-state index contributed by atoms with van der Waals surface area (Å²) in [5.74, 6) is -1.43. The molecule has 0 aliphatic carbocycles. The minimum absolute atomic E-state index is 0.0697. The van der Waals surface area contributed by atoms with Gasteiger partial charge in [0.2, 0.25) is 17.7 Å². The van der Waals surface area contributed by atoms with E-state index in [0.29, 0.717) is 83.1 Å². The Morgan fingerprint density at radius 3 is 2.43 bits per heavy atom. The van der Waals surface area contributed by atoms with Crippen molar-refractivity contribution in [3.8, 4) is 5.75 Å². The molecule has 4 aliphatic heterocycles. The zero-order valence-electron chi connectivity index (χ0n) is 28.1. The van der Waals surface area contributed by atoms with Crippen molar-refractivity contribution in [2.75, 3.05) is 77.1 Å². The normalized spacial score (nSPS) is 28.3. The van der Waals surface area contributed by atoms with E-state index in [-0.39, 0.29) is 30.9 Å². The average molecular weight is 653 g/mol. The van der Waals surface area contributed by atoms with Gasteiger partial charge in [0.25, 0.3) is 0 Å². The number of likely N-dealkylation sites (tertiary alicyclic amines) is 1. The number of carbonyl (C=O) groups is 3. The number of rotatable bonds is 17. The molecule has 2 unspecified atom stereocenters. The SMILES string of the molecule is C=CCN(CCN1CCOCC1)C(=O)C1N(CCCCCO)C(=O)[C@@H]2[C@@H](C(=O)N(CC=C)c3ccc(OCC)cc3)[C@@]3(C)CCC12O3. The molecule has 5 atom stereocenters. The third-order valence-corrected chi connectivity index (χ3v) is 10.3. The molecule has 5 rings (SSSR count). The van der Waals surface area contributed by atoms with Gasteiger partial charge in [-0.25, -0.2) is 0 Å². The summed E-state index contributed by atoms with van der Waals surface area (Å²) in [5.41, 5.74) is -1.34. The number of anilines is 1. The van der Waals surface area contributed by atoms with Crippen LogP contribution in [0, 0.1) is 11.8 Å². The first-order valence-corrected chi connectivity index (χ1v) is 17.2. The number of benzene rings is 1.